The zero-order chi connectivity index (χ0) is 28.0. The average Bonchev–Trinajstić information content (AvgIpc) is 2.93. The molecule has 0 aromatic heterocycles. The van der Waals surface area contributed by atoms with Crippen LogP contribution in [0.1, 0.15) is 56.3 Å². The standard InChI is InChI=1S/C26H34ClN5O5S/c1-3-31(4-2)25(33)21-15-17-22(18-16-21)32(20-27)26(34)37-24(14-10-5-6-11-19-29-30-28)38(35,36)23-12-8-7-9-13-23/h7-9,12-13,15-18,24H,3-6,10-11,14,19-20H2,1-2H3. The molecule has 0 spiro atoms. The molecular formula is C26H34ClN5O5S. The second kappa shape index (κ2) is 15.9. The van der Waals surface area contributed by atoms with Crippen LogP contribution in [-0.4, -0.2) is 56.4 Å². The number of carbonyl (C=O) groups excluding carboxylic acids is 2. The quantitative estimate of drug-likeness (QED) is 0.0620. The van der Waals surface area contributed by atoms with Crippen LogP contribution in [0.5, 0.6) is 0 Å². The molecular weight excluding hydrogens is 530 g/mol. The molecule has 0 N–H and O–H groups in total. The lowest BCUT2D eigenvalue weighted by Gasteiger charge is -2.24. The van der Waals surface area contributed by atoms with Gasteiger partial charge in [0.25, 0.3) is 5.91 Å². The number of azide groups is 1. The van der Waals surface area contributed by atoms with Gasteiger partial charge in [0.1, 0.15) is 6.00 Å². The van der Waals surface area contributed by atoms with Crippen molar-refractivity contribution in [2.75, 3.05) is 30.5 Å². The fourth-order valence-corrected chi connectivity index (χ4v) is 5.57. The highest BCUT2D eigenvalue weighted by Gasteiger charge is 2.32. The minimum absolute atomic E-state index is 0.0536. The van der Waals surface area contributed by atoms with Crippen molar-refractivity contribution in [3.8, 4) is 0 Å². The molecule has 0 saturated heterocycles. The second-order valence-corrected chi connectivity index (χ2v) is 10.7. The van der Waals surface area contributed by atoms with Crippen molar-refractivity contribution in [2.24, 2.45) is 5.11 Å². The third-order valence-electron chi connectivity index (χ3n) is 5.98. The lowest BCUT2D eigenvalue weighted by Crippen LogP contribution is -2.36. The number of carbonyl (C=O) groups is 2. The van der Waals surface area contributed by atoms with Gasteiger partial charge in [-0.15, -0.1) is 11.6 Å². The number of alkyl halides is 1. The molecule has 0 saturated carbocycles. The molecule has 0 aliphatic rings. The van der Waals surface area contributed by atoms with Gasteiger partial charge in [0, 0.05) is 35.8 Å². The Morgan fingerprint density at radius 3 is 2.21 bits per heavy atom. The Labute approximate surface area is 229 Å². The molecule has 2 aromatic carbocycles. The smallest absolute Gasteiger partial charge is 0.416 e. The highest BCUT2D eigenvalue weighted by atomic mass is 35.5. The van der Waals surface area contributed by atoms with E-state index in [2.05, 4.69) is 10.0 Å². The summed E-state index contributed by atoms with van der Waals surface area (Å²) < 4.78 is 32.2. The molecule has 2 rings (SSSR count). The Hall–Kier alpha value is -3.27. The van der Waals surface area contributed by atoms with E-state index in [0.717, 1.165) is 11.3 Å². The summed E-state index contributed by atoms with van der Waals surface area (Å²) in [4.78, 5) is 31.3. The molecule has 0 radical (unpaired) electrons. The van der Waals surface area contributed by atoms with Crippen molar-refractivity contribution < 1.29 is 22.7 Å². The van der Waals surface area contributed by atoms with Crippen LogP contribution in [0.4, 0.5) is 10.5 Å². The van der Waals surface area contributed by atoms with Crippen LogP contribution in [0.15, 0.2) is 64.6 Å². The second-order valence-electron chi connectivity index (χ2n) is 8.40. The number of rotatable bonds is 15. The van der Waals surface area contributed by atoms with E-state index in [1.165, 1.54) is 12.1 Å². The van der Waals surface area contributed by atoms with E-state index in [4.69, 9.17) is 21.9 Å². The first-order valence-electron chi connectivity index (χ1n) is 12.5. The van der Waals surface area contributed by atoms with E-state index in [1.807, 2.05) is 13.8 Å². The fourth-order valence-electron chi connectivity index (χ4n) is 3.81. The minimum Gasteiger partial charge on any atom is -0.429 e. The van der Waals surface area contributed by atoms with Gasteiger partial charge >= 0.3 is 6.09 Å². The molecule has 10 nitrogen and oxygen atoms in total. The average molecular weight is 564 g/mol. The number of ether oxygens (including phenoxy) is 1. The van der Waals surface area contributed by atoms with Crippen LogP contribution < -0.4 is 4.90 Å². The lowest BCUT2D eigenvalue weighted by atomic mass is 10.1. The number of halogens is 1. The molecule has 0 aliphatic heterocycles. The van der Waals surface area contributed by atoms with Gasteiger partial charge in [0.2, 0.25) is 15.3 Å². The van der Waals surface area contributed by atoms with Gasteiger partial charge in [-0.2, -0.15) is 0 Å². The van der Waals surface area contributed by atoms with Crippen LogP contribution in [0.25, 0.3) is 10.4 Å². The third-order valence-corrected chi connectivity index (χ3v) is 8.17. The molecule has 12 heteroatoms. The molecule has 206 valence electrons. The predicted molar refractivity (Wildman–Crippen MR) is 148 cm³/mol. The Bertz CT molecular complexity index is 1180. The zero-order valence-electron chi connectivity index (χ0n) is 21.7. The normalized spacial score (nSPS) is 11.8. The van der Waals surface area contributed by atoms with Gasteiger partial charge in [0.05, 0.1) is 4.90 Å². The fraction of sp³-hybridized carbons (Fsp3) is 0.462. The Balaban J connectivity index is 2.19. The summed E-state index contributed by atoms with van der Waals surface area (Å²) in [6.45, 7) is 5.31. The first-order valence-corrected chi connectivity index (χ1v) is 14.6. The van der Waals surface area contributed by atoms with Gasteiger partial charge in [-0.25, -0.2) is 13.2 Å². The van der Waals surface area contributed by atoms with Crippen LogP contribution >= 0.6 is 11.6 Å². The van der Waals surface area contributed by atoms with E-state index >= 15 is 0 Å². The van der Waals surface area contributed by atoms with Crippen LogP contribution in [-0.2, 0) is 14.6 Å². The van der Waals surface area contributed by atoms with Gasteiger partial charge < -0.3 is 9.64 Å². The van der Waals surface area contributed by atoms with E-state index in [1.54, 1.807) is 47.4 Å². The third kappa shape index (κ3) is 8.65. The largest absolute Gasteiger partial charge is 0.429 e. The highest BCUT2D eigenvalue weighted by molar-refractivity contribution is 7.92. The van der Waals surface area contributed by atoms with Crippen molar-refractivity contribution in [1.82, 2.24) is 4.90 Å². The summed E-state index contributed by atoms with van der Waals surface area (Å²) >= 11 is 6.06. The van der Waals surface area contributed by atoms with Gasteiger partial charge in [-0.05, 0) is 75.0 Å². The van der Waals surface area contributed by atoms with Crippen LogP contribution in [0.3, 0.4) is 0 Å². The summed E-state index contributed by atoms with van der Waals surface area (Å²) in [6, 6.07) is 13.9. The predicted octanol–water partition coefficient (Wildman–Crippen LogP) is 6.37. The van der Waals surface area contributed by atoms with Crippen molar-refractivity contribution >= 4 is 39.1 Å². The number of sulfone groups is 1. The lowest BCUT2D eigenvalue weighted by molar-refractivity contribution is 0.0773. The van der Waals surface area contributed by atoms with Crippen LogP contribution in [0.2, 0.25) is 0 Å². The van der Waals surface area contributed by atoms with Crippen molar-refractivity contribution in [3.05, 3.63) is 70.6 Å². The Morgan fingerprint density at radius 2 is 1.63 bits per heavy atom. The number of hydrogen-bond donors (Lipinski definition) is 0. The number of nitrogens with zero attached hydrogens (tertiary/aromatic N) is 5. The molecule has 0 aliphatic carbocycles. The van der Waals surface area contributed by atoms with Crippen molar-refractivity contribution in [2.45, 2.75) is 56.3 Å². The molecule has 0 heterocycles. The summed E-state index contributed by atoms with van der Waals surface area (Å²) in [6.07, 6.45) is 1.79. The van der Waals surface area contributed by atoms with Crippen molar-refractivity contribution in [3.63, 3.8) is 0 Å². The Morgan fingerprint density at radius 1 is 1.00 bits per heavy atom. The number of amides is 2. The van der Waals surface area contributed by atoms with Crippen molar-refractivity contribution in [1.29, 1.82) is 0 Å². The summed E-state index contributed by atoms with van der Waals surface area (Å²) in [5.74, 6) is -0.130. The van der Waals surface area contributed by atoms with E-state index in [0.29, 0.717) is 50.1 Å². The minimum atomic E-state index is -3.98. The molecule has 2 aromatic rings. The van der Waals surface area contributed by atoms with Crippen LogP contribution in [0, 0.1) is 0 Å². The number of anilines is 1. The van der Waals surface area contributed by atoms with E-state index in [-0.39, 0.29) is 23.2 Å². The number of unbranched alkanes of at least 4 members (excludes halogenated alkanes) is 3. The monoisotopic (exact) mass is 563 g/mol. The van der Waals surface area contributed by atoms with E-state index in [9.17, 15) is 18.0 Å². The van der Waals surface area contributed by atoms with Gasteiger partial charge in [0.15, 0.2) is 0 Å². The topological polar surface area (TPSA) is 133 Å². The maximum absolute atomic E-state index is 13.3. The number of hydrogen-bond acceptors (Lipinski definition) is 6. The van der Waals surface area contributed by atoms with Gasteiger partial charge in [-0.1, -0.05) is 36.2 Å². The first-order chi connectivity index (χ1) is 18.3. The Kier molecular flexibility index (Phi) is 12.9. The maximum Gasteiger partial charge on any atom is 0.416 e. The summed E-state index contributed by atoms with van der Waals surface area (Å²) in [7, 11) is -3.98. The SMILES string of the molecule is CCN(CC)C(=O)c1ccc(N(CCl)C(=O)OC(CCCCCCN=[N+]=[N-])S(=O)(=O)c2ccccc2)cc1. The summed E-state index contributed by atoms with van der Waals surface area (Å²) in [5, 5.41) is 3.49. The van der Waals surface area contributed by atoms with E-state index < -0.39 is 21.4 Å². The zero-order valence-corrected chi connectivity index (χ0v) is 23.3. The van der Waals surface area contributed by atoms with Gasteiger partial charge in [-0.3, -0.25) is 9.69 Å². The molecule has 0 fully saturated rings. The molecule has 1 atom stereocenters. The highest BCUT2D eigenvalue weighted by Crippen LogP contribution is 2.25. The first kappa shape index (κ1) is 31.0. The molecule has 1 unspecified atom stereocenters. The molecule has 2 amide bonds. The summed E-state index contributed by atoms with van der Waals surface area (Å²) in [5.41, 5.74) is 7.78. The molecule has 0 bridgehead atoms. The number of benzene rings is 2. The maximum atomic E-state index is 13.3. The molecule has 38 heavy (non-hydrogen) atoms.